The highest BCUT2D eigenvalue weighted by atomic mass is 16.5. The standard InChI is InChI=1S/C22H20N4O4/c1-28-17-10-8-15(9-11-17)14-23-22(27)24-18-6-3-2-5-16(18)13-20-25-21(26-30-20)19-7-4-12-29-19/h2-12H,13-14H2,1H3,(H2,23,24,27). The summed E-state index contributed by atoms with van der Waals surface area (Å²) in [5.41, 5.74) is 2.49. The highest BCUT2D eigenvalue weighted by molar-refractivity contribution is 5.90. The molecular weight excluding hydrogens is 384 g/mol. The summed E-state index contributed by atoms with van der Waals surface area (Å²) in [6, 6.07) is 18.2. The van der Waals surface area contributed by atoms with Crippen molar-refractivity contribution in [3.8, 4) is 17.3 Å². The topological polar surface area (TPSA) is 102 Å². The number of anilines is 1. The summed E-state index contributed by atoms with van der Waals surface area (Å²) in [5, 5.41) is 9.65. The molecule has 0 aliphatic rings. The molecule has 0 spiro atoms. The Balaban J connectivity index is 1.38. The fourth-order valence-corrected chi connectivity index (χ4v) is 2.88. The van der Waals surface area contributed by atoms with Crippen LogP contribution in [0.3, 0.4) is 0 Å². The fourth-order valence-electron chi connectivity index (χ4n) is 2.88. The summed E-state index contributed by atoms with van der Waals surface area (Å²) in [6.07, 6.45) is 1.93. The molecule has 0 saturated heterocycles. The zero-order valence-electron chi connectivity index (χ0n) is 16.3. The molecule has 4 rings (SSSR count). The van der Waals surface area contributed by atoms with Crippen LogP contribution in [-0.2, 0) is 13.0 Å². The normalized spacial score (nSPS) is 10.6. The number of benzene rings is 2. The Labute approximate surface area is 172 Å². The lowest BCUT2D eigenvalue weighted by Crippen LogP contribution is -2.28. The van der Waals surface area contributed by atoms with Gasteiger partial charge in [-0.3, -0.25) is 0 Å². The second-order valence-electron chi connectivity index (χ2n) is 6.48. The van der Waals surface area contributed by atoms with E-state index in [2.05, 4.69) is 20.8 Å². The second-order valence-corrected chi connectivity index (χ2v) is 6.48. The number of carbonyl (C=O) groups excluding carboxylic acids is 1. The minimum Gasteiger partial charge on any atom is -0.497 e. The first-order valence-corrected chi connectivity index (χ1v) is 9.33. The van der Waals surface area contributed by atoms with Crippen molar-refractivity contribution in [1.82, 2.24) is 15.5 Å². The van der Waals surface area contributed by atoms with Crippen molar-refractivity contribution in [1.29, 1.82) is 0 Å². The van der Waals surface area contributed by atoms with Crippen LogP contribution in [0.4, 0.5) is 10.5 Å². The molecule has 152 valence electrons. The Kier molecular flexibility index (Phi) is 5.75. The number of para-hydroxylation sites is 1. The zero-order chi connectivity index (χ0) is 20.8. The number of ether oxygens (including phenoxy) is 1. The zero-order valence-corrected chi connectivity index (χ0v) is 16.3. The highest BCUT2D eigenvalue weighted by Crippen LogP contribution is 2.21. The Morgan fingerprint density at radius 3 is 2.67 bits per heavy atom. The summed E-state index contributed by atoms with van der Waals surface area (Å²) in [7, 11) is 1.62. The summed E-state index contributed by atoms with van der Waals surface area (Å²) in [5.74, 6) is 2.12. The maximum atomic E-state index is 12.4. The van der Waals surface area contributed by atoms with Crippen LogP contribution in [0, 0.1) is 0 Å². The van der Waals surface area contributed by atoms with Gasteiger partial charge in [-0.05, 0) is 41.5 Å². The van der Waals surface area contributed by atoms with E-state index in [0.29, 0.717) is 36.1 Å². The van der Waals surface area contributed by atoms with Crippen LogP contribution in [0.1, 0.15) is 17.0 Å². The Morgan fingerprint density at radius 2 is 1.90 bits per heavy atom. The van der Waals surface area contributed by atoms with Gasteiger partial charge in [0.05, 0.1) is 19.8 Å². The van der Waals surface area contributed by atoms with Gasteiger partial charge in [0.2, 0.25) is 11.7 Å². The lowest BCUT2D eigenvalue weighted by Gasteiger charge is -2.11. The summed E-state index contributed by atoms with van der Waals surface area (Å²) in [6.45, 7) is 0.397. The molecule has 0 radical (unpaired) electrons. The number of amides is 2. The van der Waals surface area contributed by atoms with E-state index in [9.17, 15) is 4.79 Å². The number of nitrogens with zero attached hydrogens (tertiary/aromatic N) is 2. The van der Waals surface area contributed by atoms with Crippen molar-refractivity contribution in [3.63, 3.8) is 0 Å². The SMILES string of the molecule is COc1ccc(CNC(=O)Nc2ccccc2Cc2nc(-c3ccco3)no2)cc1. The summed E-state index contributed by atoms with van der Waals surface area (Å²) in [4.78, 5) is 16.7. The van der Waals surface area contributed by atoms with E-state index in [1.807, 2.05) is 48.5 Å². The van der Waals surface area contributed by atoms with Crippen molar-refractivity contribution in [2.24, 2.45) is 0 Å². The molecule has 0 bridgehead atoms. The lowest BCUT2D eigenvalue weighted by atomic mass is 10.1. The van der Waals surface area contributed by atoms with Gasteiger partial charge in [0.25, 0.3) is 0 Å². The molecule has 4 aromatic rings. The van der Waals surface area contributed by atoms with E-state index < -0.39 is 0 Å². The van der Waals surface area contributed by atoms with Crippen molar-refractivity contribution in [2.45, 2.75) is 13.0 Å². The third kappa shape index (κ3) is 4.67. The molecular formula is C22H20N4O4. The van der Waals surface area contributed by atoms with Gasteiger partial charge < -0.3 is 24.3 Å². The number of urea groups is 1. The predicted molar refractivity (Wildman–Crippen MR) is 110 cm³/mol. The molecule has 0 atom stereocenters. The second kappa shape index (κ2) is 8.95. The number of aromatic nitrogens is 2. The van der Waals surface area contributed by atoms with E-state index >= 15 is 0 Å². The summed E-state index contributed by atoms with van der Waals surface area (Å²) >= 11 is 0. The van der Waals surface area contributed by atoms with Gasteiger partial charge in [-0.2, -0.15) is 4.98 Å². The van der Waals surface area contributed by atoms with Gasteiger partial charge in [0.15, 0.2) is 5.76 Å². The number of carbonyl (C=O) groups is 1. The molecule has 30 heavy (non-hydrogen) atoms. The first-order valence-electron chi connectivity index (χ1n) is 9.33. The van der Waals surface area contributed by atoms with E-state index in [1.165, 1.54) is 0 Å². The van der Waals surface area contributed by atoms with Crippen LogP contribution in [0.5, 0.6) is 5.75 Å². The first kappa shape index (κ1) is 19.3. The van der Waals surface area contributed by atoms with Gasteiger partial charge in [-0.15, -0.1) is 0 Å². The maximum absolute atomic E-state index is 12.4. The Hall–Kier alpha value is -4.07. The Morgan fingerprint density at radius 1 is 1.07 bits per heavy atom. The molecule has 2 N–H and O–H groups in total. The average molecular weight is 404 g/mol. The molecule has 0 saturated carbocycles. The maximum Gasteiger partial charge on any atom is 0.319 e. The van der Waals surface area contributed by atoms with Gasteiger partial charge in [-0.1, -0.05) is 35.5 Å². The molecule has 2 heterocycles. The minimum atomic E-state index is -0.305. The van der Waals surface area contributed by atoms with Gasteiger partial charge in [0, 0.05) is 12.2 Å². The van der Waals surface area contributed by atoms with E-state index in [1.54, 1.807) is 25.5 Å². The molecule has 8 nitrogen and oxygen atoms in total. The molecule has 8 heteroatoms. The van der Waals surface area contributed by atoms with Crippen molar-refractivity contribution in [2.75, 3.05) is 12.4 Å². The predicted octanol–water partition coefficient (Wildman–Crippen LogP) is 4.25. The third-order valence-electron chi connectivity index (χ3n) is 4.43. The fraction of sp³-hybridized carbons (Fsp3) is 0.136. The highest BCUT2D eigenvalue weighted by Gasteiger charge is 2.14. The quantitative estimate of drug-likeness (QED) is 0.477. The molecule has 0 aliphatic heterocycles. The Bertz CT molecular complexity index is 1100. The lowest BCUT2D eigenvalue weighted by molar-refractivity contribution is 0.251. The summed E-state index contributed by atoms with van der Waals surface area (Å²) < 4.78 is 15.7. The number of hydrogen-bond acceptors (Lipinski definition) is 6. The molecule has 0 fully saturated rings. The number of nitrogens with one attached hydrogen (secondary N) is 2. The van der Waals surface area contributed by atoms with Gasteiger partial charge >= 0.3 is 6.03 Å². The number of hydrogen-bond donors (Lipinski definition) is 2. The smallest absolute Gasteiger partial charge is 0.319 e. The van der Waals surface area contributed by atoms with Crippen LogP contribution < -0.4 is 15.4 Å². The molecule has 0 aliphatic carbocycles. The third-order valence-corrected chi connectivity index (χ3v) is 4.43. The van der Waals surface area contributed by atoms with E-state index in [4.69, 9.17) is 13.7 Å². The first-order chi connectivity index (χ1) is 14.7. The molecule has 0 unspecified atom stereocenters. The largest absolute Gasteiger partial charge is 0.497 e. The molecule has 2 aromatic heterocycles. The van der Waals surface area contributed by atoms with Crippen molar-refractivity contribution < 1.29 is 18.5 Å². The monoisotopic (exact) mass is 404 g/mol. The number of methoxy groups -OCH3 is 1. The van der Waals surface area contributed by atoms with Gasteiger partial charge in [-0.25, -0.2) is 4.79 Å². The van der Waals surface area contributed by atoms with Crippen molar-refractivity contribution in [3.05, 3.63) is 83.9 Å². The van der Waals surface area contributed by atoms with Crippen LogP contribution in [0.15, 0.2) is 75.9 Å². The van der Waals surface area contributed by atoms with E-state index in [-0.39, 0.29) is 6.03 Å². The van der Waals surface area contributed by atoms with Crippen LogP contribution in [-0.4, -0.2) is 23.3 Å². The minimum absolute atomic E-state index is 0.305. The number of rotatable bonds is 7. The number of furan rings is 1. The molecule has 2 amide bonds. The van der Waals surface area contributed by atoms with Gasteiger partial charge in [0.1, 0.15) is 5.75 Å². The van der Waals surface area contributed by atoms with Crippen LogP contribution in [0.2, 0.25) is 0 Å². The average Bonchev–Trinajstić information content (AvgIpc) is 3.46. The van der Waals surface area contributed by atoms with E-state index in [0.717, 1.165) is 16.9 Å². The van der Waals surface area contributed by atoms with Crippen molar-refractivity contribution >= 4 is 11.7 Å². The van der Waals surface area contributed by atoms with Crippen LogP contribution in [0.25, 0.3) is 11.6 Å². The van der Waals surface area contributed by atoms with Crippen LogP contribution >= 0.6 is 0 Å². The molecule has 2 aromatic carbocycles.